The van der Waals surface area contributed by atoms with Gasteiger partial charge in [-0.2, -0.15) is 0 Å². The molecule has 0 saturated heterocycles. The minimum atomic E-state index is -0.500. The molecule has 0 radical (unpaired) electrons. The highest BCUT2D eigenvalue weighted by Crippen LogP contribution is 2.20. The number of nitrogens with one attached hydrogen (secondary N) is 2. The lowest BCUT2D eigenvalue weighted by Crippen LogP contribution is -2.44. The topological polar surface area (TPSA) is 50.4 Å². The standard InChI is InChI=1S/C14H21ClN2O2.ClH/c1-4-9-16-14(2,3)10-19-13(18)17-12-8-6-5-7-11(12)15;/h5-8,16H,4,9-10H2,1-3H3,(H,17,18);1H. The Kier molecular flexibility index (Phi) is 8.62. The Bertz CT molecular complexity index is 425. The maximum absolute atomic E-state index is 11.7. The molecule has 20 heavy (non-hydrogen) atoms. The van der Waals surface area contributed by atoms with Crippen LogP contribution in [0.25, 0.3) is 0 Å². The summed E-state index contributed by atoms with van der Waals surface area (Å²) >= 11 is 5.94. The summed E-state index contributed by atoms with van der Waals surface area (Å²) in [5, 5.41) is 6.41. The maximum atomic E-state index is 11.7. The molecule has 2 N–H and O–H groups in total. The van der Waals surface area contributed by atoms with Gasteiger partial charge in [-0.15, -0.1) is 12.4 Å². The number of halogens is 2. The van der Waals surface area contributed by atoms with Crippen LogP contribution >= 0.6 is 24.0 Å². The summed E-state index contributed by atoms with van der Waals surface area (Å²) in [6.07, 6.45) is 0.536. The SMILES string of the molecule is CCCNC(C)(C)COC(=O)Nc1ccccc1Cl.Cl. The van der Waals surface area contributed by atoms with Gasteiger partial charge in [0.2, 0.25) is 0 Å². The number of para-hydroxylation sites is 1. The van der Waals surface area contributed by atoms with Gasteiger partial charge in [0.15, 0.2) is 0 Å². The predicted octanol–water partition coefficient (Wildman–Crippen LogP) is 4.09. The van der Waals surface area contributed by atoms with Crippen LogP contribution < -0.4 is 10.6 Å². The number of benzene rings is 1. The van der Waals surface area contributed by atoms with E-state index in [0.717, 1.165) is 13.0 Å². The Morgan fingerprint density at radius 1 is 1.35 bits per heavy atom. The van der Waals surface area contributed by atoms with Gasteiger partial charge in [-0.25, -0.2) is 4.79 Å². The van der Waals surface area contributed by atoms with Gasteiger partial charge < -0.3 is 10.1 Å². The molecule has 1 aromatic rings. The Morgan fingerprint density at radius 3 is 2.60 bits per heavy atom. The highest BCUT2D eigenvalue weighted by atomic mass is 35.5. The molecule has 0 spiro atoms. The molecule has 0 unspecified atom stereocenters. The van der Waals surface area contributed by atoms with Crippen LogP contribution in [-0.2, 0) is 4.74 Å². The lowest BCUT2D eigenvalue weighted by molar-refractivity contribution is 0.126. The van der Waals surface area contributed by atoms with E-state index in [4.69, 9.17) is 16.3 Å². The van der Waals surface area contributed by atoms with Gasteiger partial charge in [-0.3, -0.25) is 5.32 Å². The van der Waals surface area contributed by atoms with Gasteiger partial charge in [-0.05, 0) is 38.9 Å². The van der Waals surface area contributed by atoms with E-state index in [9.17, 15) is 4.79 Å². The van der Waals surface area contributed by atoms with Crippen molar-refractivity contribution in [2.45, 2.75) is 32.7 Å². The lowest BCUT2D eigenvalue weighted by Gasteiger charge is -2.25. The number of carbonyl (C=O) groups excluding carboxylic acids is 1. The van der Waals surface area contributed by atoms with E-state index >= 15 is 0 Å². The van der Waals surface area contributed by atoms with Crippen LogP contribution in [0, 0.1) is 0 Å². The summed E-state index contributed by atoms with van der Waals surface area (Å²) < 4.78 is 5.19. The molecule has 4 nitrogen and oxygen atoms in total. The van der Waals surface area contributed by atoms with Crippen molar-refractivity contribution in [2.75, 3.05) is 18.5 Å². The number of amides is 1. The molecule has 6 heteroatoms. The average molecular weight is 321 g/mol. The van der Waals surface area contributed by atoms with Crippen molar-refractivity contribution in [3.8, 4) is 0 Å². The van der Waals surface area contributed by atoms with Crippen LogP contribution in [-0.4, -0.2) is 24.8 Å². The predicted molar refractivity (Wildman–Crippen MR) is 86.0 cm³/mol. The number of anilines is 1. The van der Waals surface area contributed by atoms with Crippen LogP contribution in [0.15, 0.2) is 24.3 Å². The van der Waals surface area contributed by atoms with Crippen LogP contribution in [0.5, 0.6) is 0 Å². The highest BCUT2D eigenvalue weighted by Gasteiger charge is 2.19. The molecule has 0 atom stereocenters. The van der Waals surface area contributed by atoms with Crippen molar-refractivity contribution in [3.63, 3.8) is 0 Å². The molecule has 1 rings (SSSR count). The van der Waals surface area contributed by atoms with Gasteiger partial charge >= 0.3 is 6.09 Å². The van der Waals surface area contributed by atoms with Gasteiger partial charge in [0, 0.05) is 5.54 Å². The zero-order valence-corrected chi connectivity index (χ0v) is 13.6. The summed E-state index contributed by atoms with van der Waals surface area (Å²) in [4.78, 5) is 11.7. The number of hydrogen-bond donors (Lipinski definition) is 2. The molecule has 0 saturated carbocycles. The highest BCUT2D eigenvalue weighted by molar-refractivity contribution is 6.33. The fraction of sp³-hybridized carbons (Fsp3) is 0.500. The third-order valence-corrected chi connectivity index (χ3v) is 2.86. The lowest BCUT2D eigenvalue weighted by atomic mass is 10.1. The molecule has 114 valence electrons. The third-order valence-electron chi connectivity index (χ3n) is 2.53. The molecular formula is C14H22Cl2N2O2. The van der Waals surface area contributed by atoms with Gasteiger partial charge in [-0.1, -0.05) is 30.7 Å². The Balaban J connectivity index is 0.00000361. The Labute approximate surface area is 131 Å². The van der Waals surface area contributed by atoms with Gasteiger partial charge in [0.05, 0.1) is 10.7 Å². The smallest absolute Gasteiger partial charge is 0.411 e. The summed E-state index contributed by atoms with van der Waals surface area (Å²) in [6, 6.07) is 7.04. The fourth-order valence-electron chi connectivity index (χ4n) is 1.47. The first kappa shape index (κ1) is 19.0. The first-order valence-electron chi connectivity index (χ1n) is 6.38. The van der Waals surface area contributed by atoms with E-state index in [-0.39, 0.29) is 17.9 Å². The quantitative estimate of drug-likeness (QED) is 0.830. The Hall–Kier alpha value is -0.970. The minimum Gasteiger partial charge on any atom is -0.447 e. The summed E-state index contributed by atoms with van der Waals surface area (Å²) in [6.45, 7) is 7.26. The fourth-order valence-corrected chi connectivity index (χ4v) is 1.65. The Morgan fingerprint density at radius 2 is 2.00 bits per heavy atom. The van der Waals surface area contributed by atoms with Gasteiger partial charge in [0.25, 0.3) is 0 Å². The largest absolute Gasteiger partial charge is 0.447 e. The zero-order valence-electron chi connectivity index (χ0n) is 12.0. The van der Waals surface area contributed by atoms with Gasteiger partial charge in [0.1, 0.15) is 6.61 Å². The number of carbonyl (C=O) groups is 1. The van der Waals surface area contributed by atoms with E-state index in [1.54, 1.807) is 24.3 Å². The first-order valence-corrected chi connectivity index (χ1v) is 6.76. The molecule has 0 bridgehead atoms. The van der Waals surface area contributed by atoms with E-state index in [0.29, 0.717) is 17.3 Å². The summed E-state index contributed by atoms with van der Waals surface area (Å²) in [5.74, 6) is 0. The normalized spacial score (nSPS) is 10.6. The molecule has 0 fully saturated rings. The molecule has 0 aliphatic carbocycles. The third kappa shape index (κ3) is 6.98. The molecule has 0 aromatic heterocycles. The molecule has 0 aliphatic rings. The minimum absolute atomic E-state index is 0. The maximum Gasteiger partial charge on any atom is 0.411 e. The molecule has 1 aromatic carbocycles. The number of rotatable bonds is 6. The van der Waals surface area contributed by atoms with Crippen LogP contribution in [0.4, 0.5) is 10.5 Å². The zero-order chi connectivity index (χ0) is 14.3. The van der Waals surface area contributed by atoms with Crippen molar-refractivity contribution in [2.24, 2.45) is 0 Å². The van der Waals surface area contributed by atoms with E-state index in [1.807, 2.05) is 13.8 Å². The van der Waals surface area contributed by atoms with E-state index < -0.39 is 6.09 Å². The molecule has 0 heterocycles. The summed E-state index contributed by atoms with van der Waals surface area (Å²) in [5.41, 5.74) is 0.307. The van der Waals surface area contributed by atoms with Crippen LogP contribution in [0.1, 0.15) is 27.2 Å². The second-order valence-electron chi connectivity index (χ2n) is 4.99. The van der Waals surface area contributed by atoms with Crippen molar-refractivity contribution >= 4 is 35.8 Å². The van der Waals surface area contributed by atoms with Crippen molar-refractivity contribution in [1.29, 1.82) is 0 Å². The van der Waals surface area contributed by atoms with Crippen LogP contribution in [0.3, 0.4) is 0 Å². The first-order chi connectivity index (χ1) is 8.94. The second kappa shape index (κ2) is 9.06. The molecular weight excluding hydrogens is 299 g/mol. The van der Waals surface area contributed by atoms with E-state index in [1.165, 1.54) is 0 Å². The van der Waals surface area contributed by atoms with E-state index in [2.05, 4.69) is 17.6 Å². The van der Waals surface area contributed by atoms with Crippen molar-refractivity contribution in [1.82, 2.24) is 5.32 Å². The second-order valence-corrected chi connectivity index (χ2v) is 5.40. The van der Waals surface area contributed by atoms with Crippen LogP contribution in [0.2, 0.25) is 5.02 Å². The van der Waals surface area contributed by atoms with Crippen molar-refractivity contribution < 1.29 is 9.53 Å². The molecule has 1 amide bonds. The number of ether oxygens (including phenoxy) is 1. The number of hydrogen-bond acceptors (Lipinski definition) is 3. The monoisotopic (exact) mass is 320 g/mol. The average Bonchev–Trinajstić information content (AvgIpc) is 2.37. The molecule has 0 aliphatic heterocycles. The van der Waals surface area contributed by atoms with Crippen molar-refractivity contribution in [3.05, 3.63) is 29.3 Å². The summed E-state index contributed by atoms with van der Waals surface area (Å²) in [7, 11) is 0.